The summed E-state index contributed by atoms with van der Waals surface area (Å²) >= 11 is 0. The van der Waals surface area contributed by atoms with Crippen LogP contribution in [0.1, 0.15) is 36.0 Å². The van der Waals surface area contributed by atoms with Gasteiger partial charge in [-0.3, -0.25) is 0 Å². The van der Waals surface area contributed by atoms with Crippen LogP contribution in [0.4, 0.5) is 29.0 Å². The van der Waals surface area contributed by atoms with Gasteiger partial charge in [0, 0.05) is 22.5 Å². The predicted molar refractivity (Wildman–Crippen MR) is 158 cm³/mol. The van der Waals surface area contributed by atoms with Gasteiger partial charge in [0.2, 0.25) is 12.7 Å². The third-order valence-electron chi connectivity index (χ3n) is 6.43. The molecule has 0 aliphatic heterocycles. The number of hydrogen-bond donors (Lipinski definition) is 1. The molecule has 4 rings (SSSR count). The molecule has 40 heavy (non-hydrogen) atoms. The number of aromatic nitrogens is 6. The molecule has 0 aliphatic rings. The first-order chi connectivity index (χ1) is 18.3. The Bertz CT molecular complexity index is 1300. The molecule has 0 bridgehead atoms. The van der Waals surface area contributed by atoms with E-state index in [4.69, 9.17) is 0 Å². The van der Waals surface area contributed by atoms with Crippen molar-refractivity contribution in [2.75, 3.05) is 11.9 Å². The molecule has 0 saturated carbocycles. The highest BCUT2D eigenvalue weighted by Crippen LogP contribution is 2.25. The number of rotatable bonds is 11. The van der Waals surface area contributed by atoms with Crippen molar-refractivity contribution in [1.29, 1.82) is 0 Å². The summed E-state index contributed by atoms with van der Waals surface area (Å²) in [7, 11) is 7.51. The van der Waals surface area contributed by atoms with E-state index in [2.05, 4.69) is 74.1 Å². The minimum absolute atomic E-state index is 0. The Kier molecular flexibility index (Phi) is 11.8. The molecule has 1 N–H and O–H groups in total. The van der Waals surface area contributed by atoms with E-state index in [0.29, 0.717) is 11.9 Å². The lowest BCUT2D eigenvalue weighted by atomic mass is 10.0. The third-order valence-corrected chi connectivity index (χ3v) is 6.43. The SMILES string of the molecule is Cc1cc(CCCCCNc2ccc(N=Nc3n(C)nc[n+]3C)c(C)c2)ccc1N=Nc1n(C)nc[n+]1C.[CH3-].[CH3-]. The van der Waals surface area contributed by atoms with Crippen LogP contribution in [-0.4, -0.2) is 26.1 Å². The van der Waals surface area contributed by atoms with Gasteiger partial charge in [0.25, 0.3) is 0 Å². The fourth-order valence-electron chi connectivity index (χ4n) is 4.17. The lowest BCUT2D eigenvalue weighted by Crippen LogP contribution is -2.25. The highest BCUT2D eigenvalue weighted by molar-refractivity contribution is 5.56. The Morgan fingerprint density at radius 2 is 1.27 bits per heavy atom. The third kappa shape index (κ3) is 8.11. The van der Waals surface area contributed by atoms with Gasteiger partial charge in [-0.05, 0) is 84.3 Å². The van der Waals surface area contributed by atoms with Gasteiger partial charge in [0.05, 0.1) is 28.2 Å². The van der Waals surface area contributed by atoms with Gasteiger partial charge in [0.15, 0.2) is 0 Å². The Labute approximate surface area is 238 Å². The number of hydrogen-bond acceptors (Lipinski definition) is 7. The molecular weight excluding hydrogens is 502 g/mol. The van der Waals surface area contributed by atoms with Gasteiger partial charge in [-0.2, -0.15) is 0 Å². The number of nitrogens with zero attached hydrogens (tertiary/aromatic N) is 10. The molecule has 2 aromatic carbocycles. The number of benzene rings is 2. The van der Waals surface area contributed by atoms with Crippen LogP contribution in [0.25, 0.3) is 0 Å². The maximum Gasteiger partial charge on any atom is 0.403 e. The summed E-state index contributed by atoms with van der Waals surface area (Å²) in [5.74, 6) is 1.40. The highest BCUT2D eigenvalue weighted by atomic mass is 15.4. The normalized spacial score (nSPS) is 11.2. The van der Waals surface area contributed by atoms with Crippen molar-refractivity contribution in [3.8, 4) is 0 Å². The molecule has 11 nitrogen and oxygen atoms in total. The lowest BCUT2D eigenvalue weighted by molar-refractivity contribution is -0.659. The second-order valence-corrected chi connectivity index (χ2v) is 9.59. The molecule has 214 valence electrons. The lowest BCUT2D eigenvalue weighted by Gasteiger charge is -2.08. The van der Waals surface area contributed by atoms with Crippen molar-refractivity contribution >= 4 is 29.0 Å². The average molecular weight is 546 g/mol. The van der Waals surface area contributed by atoms with Crippen molar-refractivity contribution in [2.45, 2.75) is 39.5 Å². The second-order valence-electron chi connectivity index (χ2n) is 9.59. The maximum atomic E-state index is 4.42. The zero-order valence-corrected chi connectivity index (χ0v) is 25.1. The fourth-order valence-corrected chi connectivity index (χ4v) is 4.17. The van der Waals surface area contributed by atoms with Gasteiger partial charge in [0.1, 0.15) is 11.4 Å². The molecule has 0 spiro atoms. The number of unbranched alkanes of at least 4 members (excludes halogenated alkanes) is 2. The molecular formula is C29H43N11. The van der Waals surface area contributed by atoms with E-state index in [1.807, 2.05) is 49.5 Å². The minimum atomic E-state index is 0. The van der Waals surface area contributed by atoms with E-state index in [9.17, 15) is 0 Å². The van der Waals surface area contributed by atoms with Crippen LogP contribution in [-0.2, 0) is 34.6 Å². The zero-order chi connectivity index (χ0) is 27.1. The first-order valence-corrected chi connectivity index (χ1v) is 12.8. The topological polar surface area (TPSA) is 105 Å². The van der Waals surface area contributed by atoms with E-state index in [-0.39, 0.29) is 14.9 Å². The predicted octanol–water partition coefficient (Wildman–Crippen LogP) is 5.98. The van der Waals surface area contributed by atoms with Crippen LogP contribution < -0.4 is 14.5 Å². The maximum absolute atomic E-state index is 4.42. The van der Waals surface area contributed by atoms with Crippen LogP contribution in [0.5, 0.6) is 0 Å². The van der Waals surface area contributed by atoms with Crippen LogP contribution in [0, 0.1) is 28.7 Å². The first kappa shape index (κ1) is 31.9. The summed E-state index contributed by atoms with van der Waals surface area (Å²) in [6.45, 7) is 5.07. The molecule has 0 saturated heterocycles. The summed E-state index contributed by atoms with van der Waals surface area (Å²) in [6, 6.07) is 12.6. The summed E-state index contributed by atoms with van der Waals surface area (Å²) in [5.41, 5.74) is 6.38. The molecule has 0 atom stereocenters. The second kappa shape index (κ2) is 14.8. The first-order valence-electron chi connectivity index (χ1n) is 12.8. The highest BCUT2D eigenvalue weighted by Gasteiger charge is 2.13. The van der Waals surface area contributed by atoms with E-state index in [1.165, 1.54) is 5.56 Å². The minimum Gasteiger partial charge on any atom is -0.385 e. The summed E-state index contributed by atoms with van der Waals surface area (Å²) in [4.78, 5) is 0. The molecule has 0 amide bonds. The van der Waals surface area contributed by atoms with Crippen LogP contribution in [0.2, 0.25) is 0 Å². The van der Waals surface area contributed by atoms with Crippen LogP contribution >= 0.6 is 0 Å². The van der Waals surface area contributed by atoms with E-state index in [0.717, 1.165) is 60.4 Å². The Hall–Kier alpha value is -4.28. The standard InChI is InChI=1S/C27H36N11.2CH3/c1-20-16-22(11-13-24(20)31-33-26-35(3)18-29-37(26)5)10-8-7-9-15-28-23-12-14-25(21(2)17-23)32-34-27-36(4)19-30-38(27)6;;/h11-14,16-19H,7-10,15H2,1-6H3;2*1H3/q+1;2*-1/p+1. The molecule has 2 aromatic heterocycles. The van der Waals surface area contributed by atoms with Gasteiger partial charge in [-0.15, -0.1) is 9.36 Å². The Morgan fingerprint density at radius 3 is 1.77 bits per heavy atom. The smallest absolute Gasteiger partial charge is 0.385 e. The molecule has 2 heterocycles. The van der Waals surface area contributed by atoms with Gasteiger partial charge < -0.3 is 20.2 Å². The van der Waals surface area contributed by atoms with Crippen molar-refractivity contribution in [3.05, 3.63) is 80.6 Å². The number of anilines is 1. The van der Waals surface area contributed by atoms with Crippen molar-refractivity contribution in [1.82, 2.24) is 19.6 Å². The summed E-state index contributed by atoms with van der Waals surface area (Å²) in [6.07, 6.45) is 7.92. The van der Waals surface area contributed by atoms with E-state index >= 15 is 0 Å². The largest absolute Gasteiger partial charge is 0.403 e. The van der Waals surface area contributed by atoms with Crippen molar-refractivity contribution in [3.63, 3.8) is 0 Å². The number of nitrogens with one attached hydrogen (secondary N) is 1. The van der Waals surface area contributed by atoms with E-state index in [1.54, 1.807) is 22.0 Å². The average Bonchev–Trinajstić information content (AvgIpc) is 3.39. The summed E-state index contributed by atoms with van der Waals surface area (Å²) in [5, 5.41) is 29.4. The van der Waals surface area contributed by atoms with Gasteiger partial charge in [-0.25, -0.2) is 9.13 Å². The van der Waals surface area contributed by atoms with Crippen LogP contribution in [0.3, 0.4) is 0 Å². The zero-order valence-electron chi connectivity index (χ0n) is 25.1. The fraction of sp³-hybridized carbons (Fsp3) is 0.379. The molecule has 11 heteroatoms. The Balaban J connectivity index is 0.00000280. The van der Waals surface area contributed by atoms with Crippen LogP contribution in [0.15, 0.2) is 69.5 Å². The molecule has 0 unspecified atom stereocenters. The monoisotopic (exact) mass is 545 g/mol. The Morgan fingerprint density at radius 1 is 0.725 bits per heavy atom. The molecule has 0 aliphatic carbocycles. The van der Waals surface area contributed by atoms with Crippen molar-refractivity contribution in [2.24, 2.45) is 48.6 Å². The molecule has 4 aromatic rings. The number of azo groups is 2. The molecule has 0 radical (unpaired) electrons. The summed E-state index contributed by atoms with van der Waals surface area (Å²) < 4.78 is 7.08. The van der Waals surface area contributed by atoms with Gasteiger partial charge in [-0.1, -0.05) is 28.8 Å². The number of aryl methyl sites for hydroxylation is 7. The quantitative estimate of drug-likeness (QED) is 0.109. The van der Waals surface area contributed by atoms with E-state index < -0.39 is 0 Å². The molecule has 0 fully saturated rings. The van der Waals surface area contributed by atoms with Crippen molar-refractivity contribution < 1.29 is 9.13 Å². The van der Waals surface area contributed by atoms with Gasteiger partial charge >= 0.3 is 11.9 Å².